The fourth-order valence-electron chi connectivity index (χ4n) is 9.05. The quantitative estimate of drug-likeness (QED) is 0.298. The summed E-state index contributed by atoms with van der Waals surface area (Å²) < 4.78 is 0. The highest BCUT2D eigenvalue weighted by atomic mass is 16.3. The maximum Gasteiger partial charge on any atom is 0.0918 e. The van der Waals surface area contributed by atoms with E-state index in [1.807, 2.05) is 0 Å². The molecule has 0 unspecified atom stereocenters. The number of nitrogens with zero attached hydrogens (tertiary/aromatic N) is 2. The van der Waals surface area contributed by atoms with Crippen LogP contribution in [0.3, 0.4) is 0 Å². The number of hydrogen-bond acceptors (Lipinski definition) is 4. The lowest BCUT2D eigenvalue weighted by atomic mass is 9.88. The van der Waals surface area contributed by atoms with Crippen molar-refractivity contribution in [3.8, 4) is 0 Å². The molecule has 0 saturated heterocycles. The van der Waals surface area contributed by atoms with Crippen molar-refractivity contribution < 1.29 is 5.11 Å². The zero-order chi connectivity index (χ0) is 27.1. The van der Waals surface area contributed by atoms with Crippen LogP contribution >= 0.6 is 0 Å². The Morgan fingerprint density at radius 2 is 0.950 bits per heavy atom. The van der Waals surface area contributed by atoms with E-state index in [4.69, 9.17) is 0 Å². The number of benzene rings is 1. The standard InChI is InChI=1S/C36H57N3O/c40-27-29(26-28-16-6-1-7-17-28)37-34-35(38(30-18-8-2-9-19-30)31-20-10-3-11-21-31)36(34)39(32-22-12-4-13-23-32)33-24-14-5-15-25-33/h1,6-7,16-17,29-34,37,40H,2-5,8-15,18-27H2/t29-/m0/s1. The van der Waals surface area contributed by atoms with Crippen molar-refractivity contribution in [1.82, 2.24) is 15.1 Å². The van der Waals surface area contributed by atoms with E-state index < -0.39 is 0 Å². The molecule has 1 atom stereocenters. The van der Waals surface area contributed by atoms with Crippen LogP contribution in [-0.4, -0.2) is 57.8 Å². The van der Waals surface area contributed by atoms with E-state index in [2.05, 4.69) is 45.4 Å². The molecule has 5 aliphatic rings. The van der Waals surface area contributed by atoms with Crippen LogP contribution in [0.1, 0.15) is 134 Å². The van der Waals surface area contributed by atoms with Crippen LogP contribution in [0.2, 0.25) is 0 Å². The van der Waals surface area contributed by atoms with Gasteiger partial charge in [0.2, 0.25) is 0 Å². The first-order valence-corrected chi connectivity index (χ1v) is 17.5. The molecular formula is C36H57N3O. The van der Waals surface area contributed by atoms with Gasteiger partial charge in [0.1, 0.15) is 0 Å². The highest BCUT2D eigenvalue weighted by Crippen LogP contribution is 2.48. The van der Waals surface area contributed by atoms with Gasteiger partial charge in [-0.05, 0) is 63.4 Å². The lowest BCUT2D eigenvalue weighted by Gasteiger charge is -2.43. The molecule has 0 radical (unpaired) electrons. The Hall–Kier alpha value is -1.52. The Balaban J connectivity index is 1.33. The second-order valence-electron chi connectivity index (χ2n) is 13.9. The van der Waals surface area contributed by atoms with Crippen LogP contribution in [0.5, 0.6) is 0 Å². The molecule has 4 fully saturated rings. The molecule has 0 amide bonds. The molecular weight excluding hydrogens is 490 g/mol. The van der Waals surface area contributed by atoms with Crippen molar-refractivity contribution in [3.05, 3.63) is 47.3 Å². The van der Waals surface area contributed by atoms with Crippen LogP contribution in [0.25, 0.3) is 0 Å². The Morgan fingerprint density at radius 1 is 0.575 bits per heavy atom. The van der Waals surface area contributed by atoms with Crippen molar-refractivity contribution >= 4 is 0 Å². The molecule has 0 spiro atoms. The van der Waals surface area contributed by atoms with E-state index in [-0.39, 0.29) is 12.6 Å². The molecule has 0 aromatic heterocycles. The maximum absolute atomic E-state index is 10.6. The van der Waals surface area contributed by atoms with Gasteiger partial charge in [0.25, 0.3) is 0 Å². The predicted molar refractivity (Wildman–Crippen MR) is 166 cm³/mol. The third-order valence-electron chi connectivity index (χ3n) is 11.1. The molecule has 0 heterocycles. The lowest BCUT2D eigenvalue weighted by molar-refractivity contribution is 0.113. The molecule has 6 rings (SSSR count). The SMILES string of the molecule is OC[C@H](Cc1ccccc1)NC1C(N(C2CCCCC2)C2CCCCC2)=C1N(C1CCCCC1)C1CCCCC1. The number of hydrogen-bond donors (Lipinski definition) is 2. The van der Waals surface area contributed by atoms with Crippen LogP contribution in [0, 0.1) is 0 Å². The van der Waals surface area contributed by atoms with Gasteiger partial charge in [-0.1, -0.05) is 107 Å². The number of aliphatic hydroxyl groups is 1. The summed E-state index contributed by atoms with van der Waals surface area (Å²) in [6, 6.07) is 14.1. The Bertz CT molecular complexity index is 837. The van der Waals surface area contributed by atoms with Crippen LogP contribution < -0.4 is 5.32 Å². The first-order chi connectivity index (χ1) is 19.8. The van der Waals surface area contributed by atoms with Gasteiger partial charge in [0.05, 0.1) is 24.0 Å². The third kappa shape index (κ3) is 6.75. The number of aliphatic hydroxyl groups excluding tert-OH is 1. The minimum absolute atomic E-state index is 0.0963. The summed E-state index contributed by atoms with van der Waals surface area (Å²) in [6.07, 6.45) is 28.8. The minimum atomic E-state index is 0.0963. The lowest BCUT2D eigenvalue weighted by Crippen LogP contribution is -2.47. The van der Waals surface area contributed by atoms with Crippen LogP contribution in [-0.2, 0) is 6.42 Å². The first-order valence-electron chi connectivity index (χ1n) is 17.5. The molecule has 40 heavy (non-hydrogen) atoms. The topological polar surface area (TPSA) is 38.7 Å². The molecule has 0 bridgehead atoms. The monoisotopic (exact) mass is 547 g/mol. The van der Waals surface area contributed by atoms with Gasteiger partial charge < -0.3 is 14.9 Å². The van der Waals surface area contributed by atoms with Gasteiger partial charge in [-0.3, -0.25) is 5.32 Å². The Kier molecular flexibility index (Phi) is 10.1. The average Bonchev–Trinajstić information content (AvgIpc) is 3.71. The molecule has 1 aromatic carbocycles. The summed E-state index contributed by atoms with van der Waals surface area (Å²) in [5.74, 6) is 0. The molecule has 4 saturated carbocycles. The second kappa shape index (κ2) is 14.1. The van der Waals surface area contributed by atoms with Gasteiger partial charge >= 0.3 is 0 Å². The van der Waals surface area contributed by atoms with E-state index in [9.17, 15) is 5.11 Å². The van der Waals surface area contributed by atoms with Crippen molar-refractivity contribution in [1.29, 1.82) is 0 Å². The van der Waals surface area contributed by atoms with Crippen LogP contribution in [0.15, 0.2) is 41.7 Å². The fraction of sp³-hybridized carbons (Fsp3) is 0.778. The highest BCUT2D eigenvalue weighted by Gasteiger charge is 2.51. The molecule has 4 heteroatoms. The van der Waals surface area contributed by atoms with Crippen molar-refractivity contribution in [2.24, 2.45) is 0 Å². The molecule has 1 aromatic rings. The summed E-state index contributed by atoms with van der Waals surface area (Å²) in [5, 5.41) is 14.7. The second-order valence-corrected chi connectivity index (χ2v) is 13.9. The summed E-state index contributed by atoms with van der Waals surface area (Å²) in [7, 11) is 0. The highest BCUT2D eigenvalue weighted by molar-refractivity contribution is 5.46. The normalized spacial score (nSPS) is 25.2. The van der Waals surface area contributed by atoms with E-state index in [1.165, 1.54) is 134 Å². The molecule has 222 valence electrons. The zero-order valence-corrected chi connectivity index (χ0v) is 25.2. The summed E-state index contributed by atoms with van der Waals surface area (Å²) in [4.78, 5) is 6.06. The summed E-state index contributed by atoms with van der Waals surface area (Å²) in [6.45, 7) is 0.200. The number of nitrogens with one attached hydrogen (secondary N) is 1. The predicted octanol–water partition coefficient (Wildman–Crippen LogP) is 7.71. The van der Waals surface area contributed by atoms with E-state index in [1.54, 1.807) is 11.4 Å². The Morgan fingerprint density at radius 3 is 1.30 bits per heavy atom. The zero-order valence-electron chi connectivity index (χ0n) is 25.2. The van der Waals surface area contributed by atoms with Crippen molar-refractivity contribution in [3.63, 3.8) is 0 Å². The van der Waals surface area contributed by atoms with Crippen molar-refractivity contribution in [2.45, 2.75) is 171 Å². The smallest absolute Gasteiger partial charge is 0.0918 e. The average molecular weight is 548 g/mol. The van der Waals surface area contributed by atoms with E-state index in [0.717, 1.165) is 30.6 Å². The fourth-order valence-corrected chi connectivity index (χ4v) is 9.05. The van der Waals surface area contributed by atoms with E-state index in [0.29, 0.717) is 6.04 Å². The minimum Gasteiger partial charge on any atom is -0.395 e. The third-order valence-corrected chi connectivity index (χ3v) is 11.1. The Labute approximate surface area is 245 Å². The summed E-state index contributed by atoms with van der Waals surface area (Å²) >= 11 is 0. The number of rotatable bonds is 11. The first kappa shape index (κ1) is 28.6. The van der Waals surface area contributed by atoms with Gasteiger partial charge in [0.15, 0.2) is 0 Å². The van der Waals surface area contributed by atoms with Crippen LogP contribution in [0.4, 0.5) is 0 Å². The maximum atomic E-state index is 10.6. The van der Waals surface area contributed by atoms with Gasteiger partial charge in [-0.25, -0.2) is 0 Å². The molecule has 5 aliphatic carbocycles. The van der Waals surface area contributed by atoms with Gasteiger partial charge in [-0.15, -0.1) is 0 Å². The van der Waals surface area contributed by atoms with Gasteiger partial charge in [-0.2, -0.15) is 0 Å². The van der Waals surface area contributed by atoms with Crippen molar-refractivity contribution in [2.75, 3.05) is 6.61 Å². The molecule has 2 N–H and O–H groups in total. The van der Waals surface area contributed by atoms with Gasteiger partial charge in [0, 0.05) is 30.2 Å². The summed E-state index contributed by atoms with van der Waals surface area (Å²) in [5.41, 5.74) is 4.66. The van der Waals surface area contributed by atoms with E-state index >= 15 is 0 Å². The molecule has 0 aliphatic heterocycles. The largest absolute Gasteiger partial charge is 0.395 e. The molecule has 4 nitrogen and oxygen atoms in total.